The lowest BCUT2D eigenvalue weighted by Gasteiger charge is -2.18. The zero-order valence-corrected chi connectivity index (χ0v) is 17.0. The fourth-order valence-corrected chi connectivity index (χ4v) is 4.23. The number of carbonyl (C=O) groups excluding carboxylic acids is 1. The largest absolute Gasteiger partial charge is 0.467 e. The van der Waals surface area contributed by atoms with E-state index < -0.39 is 59.2 Å². The Bertz CT molecular complexity index is 1040. The van der Waals surface area contributed by atoms with Crippen LogP contribution in [0.1, 0.15) is 12.5 Å². The van der Waals surface area contributed by atoms with Crippen molar-refractivity contribution in [2.24, 2.45) is 0 Å². The van der Waals surface area contributed by atoms with E-state index in [1.165, 1.54) is 6.92 Å². The predicted octanol–water partition coefficient (Wildman–Crippen LogP) is 4.66. The number of carbonyl (C=O) groups is 1. The van der Waals surface area contributed by atoms with Gasteiger partial charge in [-0.1, -0.05) is 6.92 Å². The van der Waals surface area contributed by atoms with Crippen molar-refractivity contribution in [3.63, 3.8) is 0 Å². The molecule has 1 unspecified atom stereocenters. The molecule has 0 aliphatic heterocycles. The van der Waals surface area contributed by atoms with E-state index in [0.29, 0.717) is 6.07 Å². The van der Waals surface area contributed by atoms with Gasteiger partial charge in [-0.05, 0) is 24.3 Å². The van der Waals surface area contributed by atoms with Gasteiger partial charge < -0.3 is 14.0 Å². The minimum atomic E-state index is -4.76. The summed E-state index contributed by atoms with van der Waals surface area (Å²) in [6.45, 7) is 0.669. The number of nitrogens with zero attached hydrogens (tertiary/aromatic N) is 1. The quantitative estimate of drug-likeness (QED) is 0.184. The van der Waals surface area contributed by atoms with E-state index in [2.05, 4.69) is 4.74 Å². The first-order valence-electron chi connectivity index (χ1n) is 8.55. The van der Waals surface area contributed by atoms with Crippen molar-refractivity contribution in [3.8, 4) is 11.5 Å². The molecule has 2 aromatic rings. The SMILES string of the molecule is CCP(=O)(OCC(=O)OC)c1cc(Oc2ccc(C(F)(F)F)cc2F)ccc1[N+](=O)[O-]. The average Bonchev–Trinajstić information content (AvgIpc) is 2.72. The number of methoxy groups -OCH3 is 1. The Morgan fingerprint density at radius 1 is 1.19 bits per heavy atom. The van der Waals surface area contributed by atoms with Gasteiger partial charge in [0.2, 0.25) is 7.37 Å². The first-order chi connectivity index (χ1) is 14.4. The smallest absolute Gasteiger partial charge is 0.416 e. The summed E-state index contributed by atoms with van der Waals surface area (Å²) < 4.78 is 80.0. The van der Waals surface area contributed by atoms with E-state index >= 15 is 0 Å². The standard InChI is InChI=1S/C18H16F4NO7P/c1-3-31(27,29-10-17(24)28-2)16-9-12(5-6-14(16)23(25)26)30-15-7-4-11(8-13(15)19)18(20,21)22/h4-9H,3,10H2,1-2H3. The maximum Gasteiger partial charge on any atom is 0.416 e. The summed E-state index contributed by atoms with van der Waals surface area (Å²) in [6.07, 6.45) is -4.99. The van der Waals surface area contributed by atoms with Crippen LogP contribution in [0.2, 0.25) is 0 Å². The van der Waals surface area contributed by atoms with Gasteiger partial charge in [0.1, 0.15) is 11.1 Å². The van der Waals surface area contributed by atoms with Gasteiger partial charge in [-0.15, -0.1) is 0 Å². The highest BCUT2D eigenvalue weighted by atomic mass is 31.2. The first kappa shape index (κ1) is 24.3. The Balaban J connectivity index is 2.45. The van der Waals surface area contributed by atoms with E-state index in [0.717, 1.165) is 31.4 Å². The molecule has 0 radical (unpaired) electrons. The lowest BCUT2D eigenvalue weighted by molar-refractivity contribution is -0.383. The Morgan fingerprint density at radius 3 is 2.39 bits per heavy atom. The van der Waals surface area contributed by atoms with Crippen LogP contribution in [-0.4, -0.2) is 30.8 Å². The highest BCUT2D eigenvalue weighted by Crippen LogP contribution is 2.48. The maximum atomic E-state index is 14.1. The zero-order chi connectivity index (χ0) is 23.4. The second-order valence-corrected chi connectivity index (χ2v) is 8.71. The third-order valence-electron chi connectivity index (χ3n) is 4.03. The summed E-state index contributed by atoms with van der Waals surface area (Å²) in [6, 6.07) is 4.51. The molecule has 0 bridgehead atoms. The summed E-state index contributed by atoms with van der Waals surface area (Å²) in [5.74, 6) is -3.02. The van der Waals surface area contributed by atoms with Gasteiger partial charge in [-0.2, -0.15) is 13.2 Å². The fourth-order valence-electron chi connectivity index (χ4n) is 2.43. The van der Waals surface area contributed by atoms with E-state index in [1.54, 1.807) is 0 Å². The molecule has 0 aliphatic carbocycles. The van der Waals surface area contributed by atoms with Crippen LogP contribution in [0.3, 0.4) is 0 Å². The molecule has 8 nitrogen and oxygen atoms in total. The van der Waals surface area contributed by atoms with Gasteiger partial charge in [0.15, 0.2) is 18.2 Å². The minimum Gasteiger partial charge on any atom is -0.467 e. The number of esters is 1. The molecule has 13 heteroatoms. The van der Waals surface area contributed by atoms with Crippen molar-refractivity contribution < 1.29 is 45.8 Å². The minimum absolute atomic E-state index is 0.233. The predicted molar refractivity (Wildman–Crippen MR) is 100 cm³/mol. The number of hydrogen-bond acceptors (Lipinski definition) is 7. The second-order valence-electron chi connectivity index (χ2n) is 5.99. The third-order valence-corrected chi connectivity index (χ3v) is 6.50. The number of nitro groups is 1. The van der Waals surface area contributed by atoms with Gasteiger partial charge in [0.25, 0.3) is 5.69 Å². The highest BCUT2D eigenvalue weighted by Gasteiger charge is 2.34. The normalized spacial score (nSPS) is 13.4. The molecule has 0 heterocycles. The lowest BCUT2D eigenvalue weighted by Crippen LogP contribution is -2.18. The van der Waals surface area contributed by atoms with Crippen LogP contribution in [-0.2, 0) is 24.8 Å². The molecular formula is C18H16F4NO7P. The molecular weight excluding hydrogens is 449 g/mol. The first-order valence-corrected chi connectivity index (χ1v) is 10.4. The van der Waals surface area contributed by atoms with Crippen LogP contribution in [0.25, 0.3) is 0 Å². The van der Waals surface area contributed by atoms with Crippen LogP contribution in [0, 0.1) is 15.9 Å². The molecule has 0 amide bonds. The molecule has 31 heavy (non-hydrogen) atoms. The Morgan fingerprint density at radius 2 is 1.87 bits per heavy atom. The van der Waals surface area contributed by atoms with Crippen molar-refractivity contribution >= 4 is 24.3 Å². The monoisotopic (exact) mass is 465 g/mol. The summed E-state index contributed by atoms with van der Waals surface area (Å²) in [5, 5.41) is 11.0. The summed E-state index contributed by atoms with van der Waals surface area (Å²) in [5.41, 5.74) is -1.83. The fraction of sp³-hybridized carbons (Fsp3) is 0.278. The van der Waals surface area contributed by atoms with Gasteiger partial charge in [0.05, 0.1) is 17.6 Å². The van der Waals surface area contributed by atoms with Crippen molar-refractivity contribution in [1.29, 1.82) is 0 Å². The van der Waals surface area contributed by atoms with Gasteiger partial charge in [-0.3, -0.25) is 14.7 Å². The number of benzene rings is 2. The molecule has 0 aliphatic rings. The molecule has 168 valence electrons. The number of rotatable bonds is 8. The van der Waals surface area contributed by atoms with E-state index in [1.807, 2.05) is 0 Å². The molecule has 0 N–H and O–H groups in total. The number of alkyl halides is 3. The lowest BCUT2D eigenvalue weighted by atomic mass is 10.2. The van der Waals surface area contributed by atoms with Crippen molar-refractivity contribution in [3.05, 3.63) is 57.9 Å². The van der Waals surface area contributed by atoms with Crippen LogP contribution in [0.15, 0.2) is 36.4 Å². The molecule has 0 saturated heterocycles. The average molecular weight is 465 g/mol. The Hall–Kier alpha value is -2.98. The molecule has 2 aromatic carbocycles. The molecule has 0 fully saturated rings. The van der Waals surface area contributed by atoms with Crippen molar-refractivity contribution in [2.75, 3.05) is 19.9 Å². The van der Waals surface area contributed by atoms with Crippen molar-refractivity contribution in [1.82, 2.24) is 0 Å². The molecule has 2 rings (SSSR count). The van der Waals surface area contributed by atoms with Crippen LogP contribution in [0.4, 0.5) is 23.2 Å². The van der Waals surface area contributed by atoms with Gasteiger partial charge >= 0.3 is 12.1 Å². The molecule has 1 atom stereocenters. The van der Waals surface area contributed by atoms with Crippen LogP contribution >= 0.6 is 7.37 Å². The summed E-state index contributed by atoms with van der Waals surface area (Å²) >= 11 is 0. The van der Waals surface area contributed by atoms with E-state index in [9.17, 15) is 37.0 Å². The van der Waals surface area contributed by atoms with E-state index in [4.69, 9.17) is 9.26 Å². The Labute approximate surface area is 173 Å². The van der Waals surface area contributed by atoms with Crippen molar-refractivity contribution in [2.45, 2.75) is 13.1 Å². The van der Waals surface area contributed by atoms with E-state index in [-0.39, 0.29) is 18.0 Å². The van der Waals surface area contributed by atoms with Gasteiger partial charge in [0, 0.05) is 18.3 Å². The second kappa shape index (κ2) is 9.44. The van der Waals surface area contributed by atoms with Crippen LogP contribution in [0.5, 0.6) is 11.5 Å². The molecule has 0 spiro atoms. The molecule has 0 aromatic heterocycles. The topological polar surface area (TPSA) is 105 Å². The number of halogens is 4. The zero-order valence-electron chi connectivity index (χ0n) is 16.1. The summed E-state index contributed by atoms with van der Waals surface area (Å²) in [4.78, 5) is 21.9. The maximum absolute atomic E-state index is 14.1. The van der Waals surface area contributed by atoms with Gasteiger partial charge in [-0.25, -0.2) is 9.18 Å². The number of nitro benzene ring substituents is 1. The van der Waals surface area contributed by atoms with Crippen LogP contribution < -0.4 is 10.0 Å². The third kappa shape index (κ3) is 5.80. The Kier molecular flexibility index (Phi) is 7.40. The highest BCUT2D eigenvalue weighted by molar-refractivity contribution is 7.67. The summed E-state index contributed by atoms with van der Waals surface area (Å²) in [7, 11) is -2.88. The number of ether oxygens (including phenoxy) is 2. The number of hydrogen-bond donors (Lipinski definition) is 0. The molecule has 0 saturated carbocycles.